The second-order valence-electron chi connectivity index (χ2n) is 6.91. The fraction of sp³-hybridized carbons (Fsp3) is 0.238. The van der Waals surface area contributed by atoms with Gasteiger partial charge in [-0.2, -0.15) is 13.2 Å². The smallest absolute Gasteiger partial charge is 0.326 e. The zero-order valence-electron chi connectivity index (χ0n) is 17.6. The summed E-state index contributed by atoms with van der Waals surface area (Å²) in [5.41, 5.74) is -0.530. The summed E-state index contributed by atoms with van der Waals surface area (Å²) in [5, 5.41) is 13.2. The molecule has 0 bridgehead atoms. The van der Waals surface area contributed by atoms with E-state index >= 15 is 0 Å². The van der Waals surface area contributed by atoms with E-state index in [0.717, 1.165) is 30.0 Å². The highest BCUT2D eigenvalue weighted by Gasteiger charge is 2.30. The maximum atomic E-state index is 13.2. The molecular weight excluding hydrogens is 498 g/mol. The van der Waals surface area contributed by atoms with Gasteiger partial charge in [-0.1, -0.05) is 29.4 Å². The van der Waals surface area contributed by atoms with Gasteiger partial charge in [0.25, 0.3) is 0 Å². The van der Waals surface area contributed by atoms with Crippen molar-refractivity contribution in [2.75, 3.05) is 16.4 Å². The number of halogens is 5. The van der Waals surface area contributed by atoms with Gasteiger partial charge in [-0.25, -0.2) is 4.39 Å². The van der Waals surface area contributed by atoms with Gasteiger partial charge in [-0.3, -0.25) is 9.59 Å². The van der Waals surface area contributed by atoms with Crippen LogP contribution in [0.2, 0.25) is 5.02 Å². The lowest BCUT2D eigenvalue weighted by molar-refractivity contribution is -0.137. The van der Waals surface area contributed by atoms with Crippen LogP contribution in [-0.2, 0) is 28.7 Å². The molecule has 0 saturated heterocycles. The van der Waals surface area contributed by atoms with Gasteiger partial charge in [0.15, 0.2) is 5.16 Å². The lowest BCUT2D eigenvalue weighted by Crippen LogP contribution is -2.18. The first-order chi connectivity index (χ1) is 16.1. The Bertz CT molecular complexity index is 1200. The van der Waals surface area contributed by atoms with Crippen molar-refractivity contribution < 1.29 is 27.2 Å². The van der Waals surface area contributed by atoms with Crippen molar-refractivity contribution in [3.8, 4) is 0 Å². The largest absolute Gasteiger partial charge is 0.416 e. The van der Waals surface area contributed by atoms with Crippen molar-refractivity contribution in [2.24, 2.45) is 0 Å². The average molecular weight is 516 g/mol. The Kier molecular flexibility index (Phi) is 8.15. The minimum Gasteiger partial charge on any atom is -0.326 e. The monoisotopic (exact) mass is 515 g/mol. The van der Waals surface area contributed by atoms with E-state index in [9.17, 15) is 27.2 Å². The third kappa shape index (κ3) is 6.70. The van der Waals surface area contributed by atoms with Crippen molar-refractivity contribution in [2.45, 2.75) is 31.2 Å². The zero-order valence-corrected chi connectivity index (χ0v) is 19.2. The summed E-state index contributed by atoms with van der Waals surface area (Å²) in [5.74, 6) is -1.30. The molecule has 0 fully saturated rings. The predicted octanol–water partition coefficient (Wildman–Crippen LogP) is 5.02. The fourth-order valence-corrected chi connectivity index (χ4v) is 3.90. The first-order valence-electron chi connectivity index (χ1n) is 9.83. The minimum atomic E-state index is -4.52. The van der Waals surface area contributed by atoms with Crippen LogP contribution < -0.4 is 10.6 Å². The second-order valence-corrected chi connectivity index (χ2v) is 8.26. The quantitative estimate of drug-likeness (QED) is 0.325. The van der Waals surface area contributed by atoms with Crippen molar-refractivity contribution in [1.29, 1.82) is 0 Å². The molecule has 0 aliphatic carbocycles. The molecule has 2 N–H and O–H groups in total. The molecule has 3 aromatic rings. The maximum absolute atomic E-state index is 13.2. The number of rotatable bonds is 8. The maximum Gasteiger partial charge on any atom is 0.416 e. The molecule has 2 amide bonds. The van der Waals surface area contributed by atoms with E-state index in [0.29, 0.717) is 23.2 Å². The number of hydrogen-bond donors (Lipinski definition) is 2. The first-order valence-corrected chi connectivity index (χ1v) is 11.2. The number of aromatic nitrogens is 3. The van der Waals surface area contributed by atoms with Crippen LogP contribution in [0.15, 0.2) is 47.6 Å². The van der Waals surface area contributed by atoms with Crippen LogP contribution in [0.1, 0.15) is 18.3 Å². The van der Waals surface area contributed by atoms with Gasteiger partial charge in [-0.15, -0.1) is 10.2 Å². The Morgan fingerprint density at radius 3 is 2.44 bits per heavy atom. The minimum absolute atomic E-state index is 0.00885. The SMILES string of the molecule is CCn1c(CC(=O)Nc2cccc(C(F)(F)F)c2)nnc1SCC(=O)Nc1ccc(F)c(Cl)c1. The number of hydrogen-bond acceptors (Lipinski definition) is 5. The van der Waals surface area contributed by atoms with E-state index in [1.54, 1.807) is 11.5 Å². The van der Waals surface area contributed by atoms with Crippen LogP contribution in [0.25, 0.3) is 0 Å². The normalized spacial score (nSPS) is 11.4. The summed E-state index contributed by atoms with van der Waals surface area (Å²) in [7, 11) is 0. The molecule has 0 aliphatic rings. The van der Waals surface area contributed by atoms with Gasteiger partial charge in [0.1, 0.15) is 11.6 Å². The molecule has 34 heavy (non-hydrogen) atoms. The first kappa shape index (κ1) is 25.5. The summed E-state index contributed by atoms with van der Waals surface area (Å²) in [6, 6.07) is 8.10. The van der Waals surface area contributed by atoms with E-state index in [1.807, 2.05) is 0 Å². The average Bonchev–Trinajstić information content (AvgIpc) is 3.15. The molecule has 180 valence electrons. The van der Waals surface area contributed by atoms with Crippen LogP contribution in [0.5, 0.6) is 0 Å². The number of thioether (sulfide) groups is 1. The Labute approximate surface area is 200 Å². The number of carbonyl (C=O) groups excluding carboxylic acids is 2. The highest BCUT2D eigenvalue weighted by Crippen LogP contribution is 2.30. The van der Waals surface area contributed by atoms with Crippen molar-refractivity contribution in [3.05, 3.63) is 64.7 Å². The van der Waals surface area contributed by atoms with E-state index in [-0.39, 0.29) is 28.8 Å². The second kappa shape index (κ2) is 10.9. The molecule has 3 rings (SSSR count). The molecule has 0 radical (unpaired) electrons. The fourth-order valence-electron chi connectivity index (χ4n) is 2.90. The molecule has 0 aliphatic heterocycles. The lowest BCUT2D eigenvalue weighted by atomic mass is 10.2. The summed E-state index contributed by atoms with van der Waals surface area (Å²) < 4.78 is 53.4. The van der Waals surface area contributed by atoms with Gasteiger partial charge in [0, 0.05) is 17.9 Å². The standard InChI is InChI=1S/C21H18ClF4N5O2S/c1-2-31-17(10-18(32)27-13-5-3-4-12(8-13)21(24,25)26)29-30-20(31)34-11-19(33)28-14-6-7-16(23)15(22)9-14/h3-9H,2,10-11H2,1H3,(H,27,32)(H,28,33). The number of carbonyl (C=O) groups is 2. The van der Waals surface area contributed by atoms with Gasteiger partial charge in [0.2, 0.25) is 11.8 Å². The van der Waals surface area contributed by atoms with Gasteiger partial charge >= 0.3 is 6.18 Å². The number of alkyl halides is 3. The summed E-state index contributed by atoms with van der Waals surface area (Å²) in [6.45, 7) is 2.19. The lowest BCUT2D eigenvalue weighted by Gasteiger charge is -2.10. The molecule has 0 spiro atoms. The van der Waals surface area contributed by atoms with Crippen molar-refractivity contribution in [3.63, 3.8) is 0 Å². The highest BCUT2D eigenvalue weighted by atomic mass is 35.5. The third-order valence-corrected chi connectivity index (χ3v) is 5.69. The Hall–Kier alpha value is -3.12. The molecule has 2 aromatic carbocycles. The van der Waals surface area contributed by atoms with Gasteiger partial charge in [-0.05, 0) is 43.3 Å². The van der Waals surface area contributed by atoms with E-state index < -0.39 is 23.5 Å². The molecule has 1 aromatic heterocycles. The molecule has 0 saturated carbocycles. The van der Waals surface area contributed by atoms with Gasteiger partial charge < -0.3 is 15.2 Å². The van der Waals surface area contributed by atoms with Crippen molar-refractivity contribution >= 4 is 46.6 Å². The van der Waals surface area contributed by atoms with Crippen LogP contribution in [0, 0.1) is 5.82 Å². The molecule has 1 heterocycles. The van der Waals surface area contributed by atoms with Gasteiger partial charge in [0.05, 0.1) is 22.8 Å². The van der Waals surface area contributed by atoms with Crippen LogP contribution in [-0.4, -0.2) is 32.3 Å². The molecule has 0 unspecified atom stereocenters. The van der Waals surface area contributed by atoms with Crippen LogP contribution in [0.3, 0.4) is 0 Å². The molecule has 13 heteroatoms. The van der Waals surface area contributed by atoms with E-state index in [1.165, 1.54) is 24.3 Å². The Morgan fingerprint density at radius 1 is 1.06 bits per heavy atom. The number of amides is 2. The van der Waals surface area contributed by atoms with Crippen LogP contribution >= 0.6 is 23.4 Å². The number of nitrogens with zero attached hydrogens (tertiary/aromatic N) is 3. The Balaban J connectivity index is 1.59. The highest BCUT2D eigenvalue weighted by molar-refractivity contribution is 7.99. The molecular formula is C21H18ClF4N5O2S. The predicted molar refractivity (Wildman–Crippen MR) is 120 cm³/mol. The molecule has 0 atom stereocenters. The number of nitrogens with one attached hydrogen (secondary N) is 2. The van der Waals surface area contributed by atoms with E-state index in [2.05, 4.69) is 20.8 Å². The van der Waals surface area contributed by atoms with Crippen molar-refractivity contribution in [1.82, 2.24) is 14.8 Å². The summed E-state index contributed by atoms with van der Waals surface area (Å²) in [6.07, 6.45) is -4.75. The summed E-state index contributed by atoms with van der Waals surface area (Å²) in [4.78, 5) is 24.6. The molecule has 7 nitrogen and oxygen atoms in total. The Morgan fingerprint density at radius 2 is 1.76 bits per heavy atom. The topological polar surface area (TPSA) is 88.9 Å². The number of benzene rings is 2. The third-order valence-electron chi connectivity index (χ3n) is 4.44. The van der Waals surface area contributed by atoms with Crippen LogP contribution in [0.4, 0.5) is 28.9 Å². The number of anilines is 2. The zero-order chi connectivity index (χ0) is 24.9. The summed E-state index contributed by atoms with van der Waals surface area (Å²) >= 11 is 6.77. The van der Waals surface area contributed by atoms with E-state index in [4.69, 9.17) is 11.6 Å².